The number of carbonyl (C=O) groups is 1. The molecule has 170 valence electrons. The van der Waals surface area contributed by atoms with Crippen LogP contribution in [0.1, 0.15) is 20.8 Å². The number of anilines is 2. The van der Waals surface area contributed by atoms with Crippen molar-refractivity contribution in [2.45, 2.75) is 13.5 Å². The molecule has 1 aromatic heterocycles. The highest BCUT2D eigenvalue weighted by atomic mass is 35.5. The molecule has 1 heterocycles. The van der Waals surface area contributed by atoms with Crippen molar-refractivity contribution in [1.82, 2.24) is 0 Å². The van der Waals surface area contributed by atoms with Gasteiger partial charge < -0.3 is 5.32 Å². The number of hydrogen-bond donors (Lipinski definition) is 1. The van der Waals surface area contributed by atoms with E-state index in [4.69, 9.17) is 23.2 Å². The van der Waals surface area contributed by atoms with Gasteiger partial charge in [-0.1, -0.05) is 53.0 Å². The minimum Gasteiger partial charge on any atom is -0.320 e. The first-order chi connectivity index (χ1) is 15.6. The van der Waals surface area contributed by atoms with Crippen molar-refractivity contribution in [2.75, 3.05) is 15.9 Å². The van der Waals surface area contributed by atoms with Crippen LogP contribution in [0, 0.1) is 6.92 Å². The second-order valence-corrected chi connectivity index (χ2v) is 11.5. The molecular weight excluding hydrogens is 499 g/mol. The molecule has 0 fully saturated rings. The summed E-state index contributed by atoms with van der Waals surface area (Å²) in [6.45, 7) is 2.20. The van der Waals surface area contributed by atoms with Gasteiger partial charge in [-0.2, -0.15) is 0 Å². The van der Waals surface area contributed by atoms with Gasteiger partial charge in [0.05, 0.1) is 34.1 Å². The lowest BCUT2D eigenvalue weighted by molar-refractivity contribution is 0.103. The van der Waals surface area contributed by atoms with Crippen LogP contribution in [-0.4, -0.2) is 20.6 Å². The number of nitrogens with one attached hydrogen (secondary N) is 1. The third-order valence-electron chi connectivity index (χ3n) is 5.04. The minimum absolute atomic E-state index is 0.219. The number of hydrogen-bond acceptors (Lipinski definition) is 4. The molecule has 0 radical (unpaired) electrons. The molecule has 33 heavy (non-hydrogen) atoms. The van der Waals surface area contributed by atoms with E-state index in [2.05, 4.69) is 5.32 Å². The van der Waals surface area contributed by atoms with Crippen LogP contribution in [0.3, 0.4) is 0 Å². The highest BCUT2D eigenvalue weighted by Crippen LogP contribution is 2.32. The number of nitrogens with zero attached hydrogens (tertiary/aromatic N) is 1. The summed E-state index contributed by atoms with van der Waals surface area (Å²) in [6.07, 6.45) is 1.19. The Morgan fingerprint density at radius 1 is 1.00 bits per heavy atom. The van der Waals surface area contributed by atoms with E-state index in [1.54, 1.807) is 36.4 Å². The Balaban J connectivity index is 1.63. The van der Waals surface area contributed by atoms with Crippen LogP contribution in [0.4, 0.5) is 11.4 Å². The summed E-state index contributed by atoms with van der Waals surface area (Å²) >= 11 is 13.4. The van der Waals surface area contributed by atoms with Gasteiger partial charge in [0.2, 0.25) is 10.0 Å². The molecule has 0 saturated heterocycles. The summed E-state index contributed by atoms with van der Waals surface area (Å²) in [4.78, 5) is 13.3. The van der Waals surface area contributed by atoms with Crippen LogP contribution in [0.5, 0.6) is 0 Å². The van der Waals surface area contributed by atoms with E-state index in [0.717, 1.165) is 21.2 Å². The Hall–Kier alpha value is -2.58. The zero-order chi connectivity index (χ0) is 23.8. The number of carbonyl (C=O) groups excluding carboxylic acids is 1. The smallest absolute Gasteiger partial charge is 0.265 e. The zero-order valence-corrected chi connectivity index (χ0v) is 20.9. The quantitative estimate of drug-likeness (QED) is 0.307. The molecule has 3 aromatic carbocycles. The average molecular weight is 519 g/mol. The summed E-state index contributed by atoms with van der Waals surface area (Å²) in [5, 5.41) is 4.39. The fourth-order valence-corrected chi connectivity index (χ4v) is 5.61. The first-order valence-electron chi connectivity index (χ1n) is 9.93. The number of fused-ring (bicyclic) bond motifs is 1. The topological polar surface area (TPSA) is 66.5 Å². The molecule has 9 heteroatoms. The van der Waals surface area contributed by atoms with Gasteiger partial charge in [0, 0.05) is 9.72 Å². The Bertz CT molecular complexity index is 1450. The predicted molar refractivity (Wildman–Crippen MR) is 138 cm³/mol. The van der Waals surface area contributed by atoms with Gasteiger partial charge in [0.25, 0.3) is 5.91 Å². The summed E-state index contributed by atoms with van der Waals surface area (Å²) in [5.41, 5.74) is 2.99. The lowest BCUT2D eigenvalue weighted by atomic mass is 10.1. The number of benzene rings is 3. The van der Waals surface area contributed by atoms with E-state index in [1.807, 2.05) is 37.3 Å². The third kappa shape index (κ3) is 5.50. The number of sulfonamides is 1. The van der Waals surface area contributed by atoms with E-state index in [-0.39, 0.29) is 12.5 Å². The van der Waals surface area contributed by atoms with Crippen molar-refractivity contribution in [3.05, 3.63) is 92.8 Å². The Morgan fingerprint density at radius 2 is 1.73 bits per heavy atom. The number of thiophene rings is 1. The van der Waals surface area contributed by atoms with Crippen molar-refractivity contribution in [2.24, 2.45) is 0 Å². The van der Waals surface area contributed by atoms with Crippen LogP contribution in [0.15, 0.2) is 66.7 Å². The summed E-state index contributed by atoms with van der Waals surface area (Å²) in [7, 11) is -3.52. The highest BCUT2D eigenvalue weighted by Gasteiger charge is 2.20. The SMILES string of the molecule is Cc1ccc(CN(c2ccc3sc(C(=O)Nc4ccc(Cl)cc4Cl)cc3c2)S(C)(=O)=O)cc1. The van der Waals surface area contributed by atoms with E-state index >= 15 is 0 Å². The lowest BCUT2D eigenvalue weighted by Gasteiger charge is -2.22. The summed E-state index contributed by atoms with van der Waals surface area (Å²) in [5.74, 6) is -0.304. The Morgan fingerprint density at radius 3 is 2.39 bits per heavy atom. The molecule has 0 aliphatic heterocycles. The molecule has 0 aliphatic carbocycles. The van der Waals surface area contributed by atoms with Crippen molar-refractivity contribution >= 4 is 71.9 Å². The molecule has 1 amide bonds. The molecule has 4 rings (SSSR count). The van der Waals surface area contributed by atoms with Crippen molar-refractivity contribution < 1.29 is 13.2 Å². The number of aryl methyl sites for hydroxylation is 1. The molecular formula is C24H20Cl2N2O3S2. The fourth-order valence-electron chi connectivity index (χ4n) is 3.33. The standard InChI is InChI=1S/C24H20Cl2N2O3S2/c1-15-3-5-16(6-4-15)14-28(33(2,30)31)19-8-10-22-17(11-19)12-23(32-22)24(29)27-21-9-7-18(25)13-20(21)26/h3-13H,14H2,1-2H3,(H,27,29). The van der Waals surface area contributed by atoms with Gasteiger partial charge in [-0.15, -0.1) is 11.3 Å². The Labute approximate surface area is 206 Å². The molecule has 0 aliphatic rings. The van der Waals surface area contributed by atoms with Gasteiger partial charge in [-0.05, 0) is 60.3 Å². The minimum atomic E-state index is -3.52. The molecule has 0 unspecified atom stereocenters. The average Bonchev–Trinajstić information content (AvgIpc) is 3.18. The second kappa shape index (κ2) is 9.35. The maximum atomic E-state index is 12.8. The monoisotopic (exact) mass is 518 g/mol. The molecule has 4 aromatic rings. The van der Waals surface area contributed by atoms with Crippen molar-refractivity contribution in [3.8, 4) is 0 Å². The predicted octanol–water partition coefficient (Wildman–Crippen LogP) is 6.74. The second-order valence-electron chi connectivity index (χ2n) is 7.67. The third-order valence-corrected chi connectivity index (χ3v) is 7.84. The maximum Gasteiger partial charge on any atom is 0.265 e. The molecule has 0 bridgehead atoms. The van der Waals surface area contributed by atoms with Gasteiger partial charge >= 0.3 is 0 Å². The fraction of sp³-hybridized carbons (Fsp3) is 0.125. The largest absolute Gasteiger partial charge is 0.320 e. The van der Waals surface area contributed by atoms with Crippen LogP contribution >= 0.6 is 34.5 Å². The van der Waals surface area contributed by atoms with E-state index in [0.29, 0.717) is 26.3 Å². The molecule has 0 spiro atoms. The summed E-state index contributed by atoms with van der Waals surface area (Å²) < 4.78 is 27.3. The van der Waals surface area contributed by atoms with Crippen LogP contribution in [-0.2, 0) is 16.6 Å². The number of rotatable bonds is 6. The van der Waals surface area contributed by atoms with Crippen LogP contribution in [0.2, 0.25) is 10.0 Å². The number of amides is 1. The van der Waals surface area contributed by atoms with E-state index < -0.39 is 10.0 Å². The lowest BCUT2D eigenvalue weighted by Crippen LogP contribution is -2.29. The summed E-state index contributed by atoms with van der Waals surface area (Å²) in [6, 6.07) is 19.7. The first kappa shape index (κ1) is 23.6. The van der Waals surface area contributed by atoms with E-state index in [9.17, 15) is 13.2 Å². The van der Waals surface area contributed by atoms with Gasteiger partial charge in [-0.3, -0.25) is 9.10 Å². The van der Waals surface area contributed by atoms with Gasteiger partial charge in [-0.25, -0.2) is 8.42 Å². The Kier molecular flexibility index (Phi) is 6.68. The van der Waals surface area contributed by atoms with E-state index in [1.165, 1.54) is 21.9 Å². The molecule has 0 atom stereocenters. The first-order valence-corrected chi connectivity index (χ1v) is 13.4. The highest BCUT2D eigenvalue weighted by molar-refractivity contribution is 7.92. The maximum absolute atomic E-state index is 12.8. The normalized spacial score (nSPS) is 11.5. The van der Waals surface area contributed by atoms with Crippen LogP contribution in [0.25, 0.3) is 10.1 Å². The molecule has 5 nitrogen and oxygen atoms in total. The van der Waals surface area contributed by atoms with Crippen molar-refractivity contribution in [3.63, 3.8) is 0 Å². The van der Waals surface area contributed by atoms with Crippen molar-refractivity contribution in [1.29, 1.82) is 0 Å². The molecule has 0 saturated carbocycles. The van der Waals surface area contributed by atoms with Crippen LogP contribution < -0.4 is 9.62 Å². The zero-order valence-electron chi connectivity index (χ0n) is 17.8. The molecule has 1 N–H and O–H groups in total. The van der Waals surface area contributed by atoms with Gasteiger partial charge in [0.1, 0.15) is 0 Å². The van der Waals surface area contributed by atoms with Gasteiger partial charge in [0.15, 0.2) is 0 Å². The number of halogens is 2.